The Kier molecular flexibility index (Phi) is 2.74. The Bertz CT molecular complexity index is 419. The number of carbonyl (C=O) groups excluding carboxylic acids is 1. The monoisotopic (exact) mass is 224 g/mol. The minimum absolute atomic E-state index is 0.00245. The molecule has 1 aromatic rings. The average Bonchev–Trinajstić information content (AvgIpc) is 3.11. The predicted octanol–water partition coefficient (Wildman–Crippen LogP) is 0.741. The molecule has 0 aliphatic heterocycles. The van der Waals surface area contributed by atoms with Gasteiger partial charge in [0.1, 0.15) is 0 Å². The molecule has 1 amide bonds. The number of hydrazine groups is 1. The van der Waals surface area contributed by atoms with E-state index in [9.17, 15) is 9.18 Å². The first-order valence-corrected chi connectivity index (χ1v) is 5.03. The molecule has 3 N–H and O–H groups in total. The molecule has 5 nitrogen and oxygen atoms in total. The maximum Gasteiger partial charge on any atom is 0.257 e. The highest BCUT2D eigenvalue weighted by Gasteiger charge is 2.31. The SMILES string of the molecule is CN(C(=O)c1ccnc(NN)c1F)C1CC1. The van der Waals surface area contributed by atoms with Crippen molar-refractivity contribution in [3.05, 3.63) is 23.6 Å². The van der Waals surface area contributed by atoms with Crippen molar-refractivity contribution in [2.45, 2.75) is 18.9 Å². The van der Waals surface area contributed by atoms with Crippen LogP contribution in [-0.4, -0.2) is 28.9 Å². The molecule has 0 saturated heterocycles. The van der Waals surface area contributed by atoms with Crippen molar-refractivity contribution in [1.82, 2.24) is 9.88 Å². The van der Waals surface area contributed by atoms with E-state index >= 15 is 0 Å². The smallest absolute Gasteiger partial charge is 0.257 e. The van der Waals surface area contributed by atoms with Gasteiger partial charge in [0.05, 0.1) is 5.56 Å². The normalized spacial score (nSPS) is 14.7. The van der Waals surface area contributed by atoms with Crippen LogP contribution in [0.4, 0.5) is 10.2 Å². The van der Waals surface area contributed by atoms with E-state index in [1.54, 1.807) is 11.9 Å². The van der Waals surface area contributed by atoms with Crippen molar-refractivity contribution in [1.29, 1.82) is 0 Å². The maximum absolute atomic E-state index is 13.7. The van der Waals surface area contributed by atoms with Crippen molar-refractivity contribution < 1.29 is 9.18 Å². The van der Waals surface area contributed by atoms with Gasteiger partial charge in [0.25, 0.3) is 5.91 Å². The molecule has 1 aliphatic carbocycles. The fourth-order valence-electron chi connectivity index (χ4n) is 1.53. The van der Waals surface area contributed by atoms with Gasteiger partial charge in [-0.2, -0.15) is 0 Å². The number of anilines is 1. The maximum atomic E-state index is 13.7. The summed E-state index contributed by atoms with van der Waals surface area (Å²) in [5.74, 6) is 3.93. The highest BCUT2D eigenvalue weighted by molar-refractivity contribution is 5.95. The van der Waals surface area contributed by atoms with Gasteiger partial charge in [-0.05, 0) is 18.9 Å². The highest BCUT2D eigenvalue weighted by atomic mass is 19.1. The summed E-state index contributed by atoms with van der Waals surface area (Å²) in [4.78, 5) is 17.1. The summed E-state index contributed by atoms with van der Waals surface area (Å²) in [6.07, 6.45) is 3.32. The molecule has 1 aromatic heterocycles. The van der Waals surface area contributed by atoms with E-state index in [1.165, 1.54) is 12.3 Å². The number of hydrogen-bond donors (Lipinski definition) is 2. The van der Waals surface area contributed by atoms with Crippen molar-refractivity contribution in [3.8, 4) is 0 Å². The van der Waals surface area contributed by atoms with Gasteiger partial charge in [-0.3, -0.25) is 4.79 Å². The summed E-state index contributed by atoms with van der Waals surface area (Å²) < 4.78 is 13.7. The molecule has 16 heavy (non-hydrogen) atoms. The summed E-state index contributed by atoms with van der Waals surface area (Å²) in [6, 6.07) is 1.60. The van der Waals surface area contributed by atoms with Gasteiger partial charge < -0.3 is 10.3 Å². The van der Waals surface area contributed by atoms with Crippen LogP contribution in [0.15, 0.2) is 12.3 Å². The number of pyridine rings is 1. The van der Waals surface area contributed by atoms with Crippen LogP contribution in [0.5, 0.6) is 0 Å². The van der Waals surface area contributed by atoms with Gasteiger partial charge in [-0.15, -0.1) is 0 Å². The van der Waals surface area contributed by atoms with Crippen LogP contribution in [0.1, 0.15) is 23.2 Å². The van der Waals surface area contributed by atoms with Crippen molar-refractivity contribution >= 4 is 11.7 Å². The van der Waals surface area contributed by atoms with Gasteiger partial charge in [0.15, 0.2) is 11.6 Å². The number of nitrogens with zero attached hydrogens (tertiary/aromatic N) is 2. The summed E-state index contributed by atoms with van der Waals surface area (Å²) >= 11 is 0. The number of rotatable bonds is 3. The van der Waals surface area contributed by atoms with E-state index in [4.69, 9.17) is 5.84 Å². The van der Waals surface area contributed by atoms with E-state index in [0.29, 0.717) is 0 Å². The van der Waals surface area contributed by atoms with Crippen molar-refractivity contribution in [2.75, 3.05) is 12.5 Å². The lowest BCUT2D eigenvalue weighted by Gasteiger charge is -2.16. The van der Waals surface area contributed by atoms with Crippen LogP contribution in [0.3, 0.4) is 0 Å². The molecule has 2 rings (SSSR count). The van der Waals surface area contributed by atoms with E-state index in [0.717, 1.165) is 12.8 Å². The van der Waals surface area contributed by atoms with Gasteiger partial charge in [-0.25, -0.2) is 15.2 Å². The summed E-state index contributed by atoms with van der Waals surface area (Å²) in [5, 5.41) is 0. The molecule has 1 saturated carbocycles. The fourth-order valence-corrected chi connectivity index (χ4v) is 1.53. The highest BCUT2D eigenvalue weighted by Crippen LogP contribution is 2.27. The molecule has 0 radical (unpaired) electrons. The van der Waals surface area contributed by atoms with Crippen LogP contribution in [0, 0.1) is 5.82 Å². The van der Waals surface area contributed by atoms with Gasteiger partial charge in [0.2, 0.25) is 0 Å². The Labute approximate surface area is 92.4 Å². The Morgan fingerprint density at radius 1 is 1.69 bits per heavy atom. The molecule has 1 heterocycles. The fraction of sp³-hybridized carbons (Fsp3) is 0.400. The zero-order valence-corrected chi connectivity index (χ0v) is 8.90. The van der Waals surface area contributed by atoms with Crippen LogP contribution < -0.4 is 11.3 Å². The number of hydrogen-bond acceptors (Lipinski definition) is 4. The van der Waals surface area contributed by atoms with Crippen LogP contribution in [-0.2, 0) is 0 Å². The first-order chi connectivity index (χ1) is 7.65. The molecule has 0 bridgehead atoms. The minimum Gasteiger partial charge on any atom is -0.339 e. The first kappa shape index (κ1) is 10.8. The molecular formula is C10H13FN4O. The second kappa shape index (κ2) is 4.05. The third kappa shape index (κ3) is 1.83. The predicted molar refractivity (Wildman–Crippen MR) is 57.1 cm³/mol. The van der Waals surface area contributed by atoms with Crippen molar-refractivity contribution in [2.24, 2.45) is 5.84 Å². The number of carbonyl (C=O) groups is 1. The number of amides is 1. The Morgan fingerprint density at radius 3 is 2.94 bits per heavy atom. The van der Waals surface area contributed by atoms with E-state index in [1.807, 2.05) is 0 Å². The molecule has 0 spiro atoms. The second-order valence-electron chi connectivity index (χ2n) is 3.81. The van der Waals surface area contributed by atoms with Crippen LogP contribution in [0.2, 0.25) is 0 Å². The third-order valence-corrected chi connectivity index (χ3v) is 2.67. The van der Waals surface area contributed by atoms with Gasteiger partial charge >= 0.3 is 0 Å². The largest absolute Gasteiger partial charge is 0.339 e. The van der Waals surface area contributed by atoms with Gasteiger partial charge in [0, 0.05) is 19.3 Å². The Balaban J connectivity index is 2.28. The molecule has 1 fully saturated rings. The first-order valence-electron chi connectivity index (χ1n) is 5.03. The zero-order valence-electron chi connectivity index (χ0n) is 8.90. The number of halogens is 1. The quantitative estimate of drug-likeness (QED) is 0.587. The molecule has 1 aliphatic rings. The lowest BCUT2D eigenvalue weighted by Crippen LogP contribution is -2.30. The van der Waals surface area contributed by atoms with E-state index in [2.05, 4.69) is 10.4 Å². The topological polar surface area (TPSA) is 71.2 Å². The second-order valence-corrected chi connectivity index (χ2v) is 3.81. The lowest BCUT2D eigenvalue weighted by atomic mass is 10.2. The lowest BCUT2D eigenvalue weighted by molar-refractivity contribution is 0.0780. The number of nitrogens with two attached hydrogens (primary N) is 1. The summed E-state index contributed by atoms with van der Waals surface area (Å²) in [5.41, 5.74) is 2.11. The third-order valence-electron chi connectivity index (χ3n) is 2.67. The summed E-state index contributed by atoms with van der Waals surface area (Å²) in [7, 11) is 1.68. The summed E-state index contributed by atoms with van der Waals surface area (Å²) in [6.45, 7) is 0. The molecule has 86 valence electrons. The zero-order chi connectivity index (χ0) is 11.7. The molecule has 6 heteroatoms. The van der Waals surface area contributed by atoms with E-state index in [-0.39, 0.29) is 23.3 Å². The number of nitrogen functional groups attached to an aromatic ring is 1. The molecule has 0 unspecified atom stereocenters. The Morgan fingerprint density at radius 2 is 2.38 bits per heavy atom. The number of aromatic nitrogens is 1. The minimum atomic E-state index is -0.706. The Hall–Kier alpha value is -1.69. The molecule has 0 aromatic carbocycles. The number of nitrogens with one attached hydrogen (secondary N) is 1. The average molecular weight is 224 g/mol. The van der Waals surface area contributed by atoms with Crippen LogP contribution >= 0.6 is 0 Å². The van der Waals surface area contributed by atoms with Crippen molar-refractivity contribution in [3.63, 3.8) is 0 Å². The molecule has 0 atom stereocenters. The standard InChI is InChI=1S/C10H13FN4O/c1-15(6-2-3-6)10(16)7-4-5-13-9(14-12)8(7)11/h4-6H,2-3,12H2,1H3,(H,13,14). The molecular weight excluding hydrogens is 211 g/mol. The van der Waals surface area contributed by atoms with Gasteiger partial charge in [-0.1, -0.05) is 0 Å². The van der Waals surface area contributed by atoms with Crippen LogP contribution in [0.25, 0.3) is 0 Å². The van der Waals surface area contributed by atoms with E-state index < -0.39 is 5.82 Å².